The fourth-order valence-corrected chi connectivity index (χ4v) is 3.51. The molecule has 0 aromatic heterocycles. The lowest BCUT2D eigenvalue weighted by molar-refractivity contribution is 0.00872. The van der Waals surface area contributed by atoms with Crippen LogP contribution in [0.25, 0.3) is 0 Å². The largest absolute Gasteiger partial charge is 0.381 e. The molecular weight excluding hydrogens is 269 g/mol. The Morgan fingerprint density at radius 3 is 2.89 bits per heavy atom. The van der Waals surface area contributed by atoms with Gasteiger partial charge in [-0.2, -0.15) is 0 Å². The average Bonchev–Trinajstić information content (AvgIpc) is 2.41. The lowest BCUT2D eigenvalue weighted by atomic mass is 9.75. The van der Waals surface area contributed by atoms with Gasteiger partial charge in [-0.25, -0.2) is 0 Å². The molecule has 2 heterocycles. The van der Waals surface area contributed by atoms with Gasteiger partial charge in [0.25, 0.3) is 0 Å². The summed E-state index contributed by atoms with van der Waals surface area (Å²) in [7, 11) is 0. The Morgan fingerprint density at radius 1 is 1.17 bits per heavy atom. The second-order valence-corrected chi connectivity index (χ2v) is 5.97. The Kier molecular flexibility index (Phi) is 3.81. The number of piperidine rings is 1. The number of halogens is 2. The van der Waals surface area contributed by atoms with Crippen molar-refractivity contribution in [3.05, 3.63) is 33.8 Å². The molecule has 2 fully saturated rings. The first-order valence-electron chi connectivity index (χ1n) is 6.52. The Balaban J connectivity index is 1.87. The summed E-state index contributed by atoms with van der Waals surface area (Å²) in [5, 5.41) is 4.89. The molecule has 3 rings (SSSR count). The van der Waals surface area contributed by atoms with Gasteiger partial charge in [0.2, 0.25) is 0 Å². The molecule has 0 radical (unpaired) electrons. The van der Waals surface area contributed by atoms with Crippen LogP contribution in [0.2, 0.25) is 10.0 Å². The Labute approximate surface area is 118 Å². The molecule has 0 aliphatic carbocycles. The van der Waals surface area contributed by atoms with E-state index in [1.165, 1.54) is 5.56 Å². The minimum Gasteiger partial charge on any atom is -0.381 e. The fraction of sp³-hybridized carbons (Fsp3) is 0.571. The third-order valence-corrected chi connectivity index (χ3v) is 4.89. The first kappa shape index (κ1) is 12.7. The number of hydrogen-bond acceptors (Lipinski definition) is 2. The summed E-state index contributed by atoms with van der Waals surface area (Å²) in [5.41, 5.74) is 1.30. The molecule has 0 unspecified atom stereocenters. The summed E-state index contributed by atoms with van der Waals surface area (Å²) in [6, 6.07) is 6.62. The maximum absolute atomic E-state index is 6.13. The van der Waals surface area contributed by atoms with Gasteiger partial charge in [-0.3, -0.25) is 0 Å². The van der Waals surface area contributed by atoms with E-state index in [1.54, 1.807) is 0 Å². The van der Waals surface area contributed by atoms with E-state index < -0.39 is 0 Å². The zero-order valence-electron chi connectivity index (χ0n) is 10.2. The third-order valence-electron chi connectivity index (χ3n) is 4.15. The van der Waals surface area contributed by atoms with Crippen molar-refractivity contribution in [2.24, 2.45) is 5.92 Å². The summed E-state index contributed by atoms with van der Waals surface area (Å²) in [4.78, 5) is 0. The number of nitrogens with one attached hydrogen (secondary N) is 1. The zero-order chi connectivity index (χ0) is 12.5. The van der Waals surface area contributed by atoms with Crippen LogP contribution in [0, 0.1) is 5.92 Å². The average molecular weight is 286 g/mol. The van der Waals surface area contributed by atoms with Crippen LogP contribution in [-0.4, -0.2) is 25.8 Å². The van der Waals surface area contributed by atoms with Gasteiger partial charge in [0.05, 0.1) is 16.7 Å². The van der Waals surface area contributed by atoms with Gasteiger partial charge in [-0.15, -0.1) is 0 Å². The van der Waals surface area contributed by atoms with Gasteiger partial charge in [0, 0.05) is 18.6 Å². The van der Waals surface area contributed by atoms with E-state index in [9.17, 15) is 0 Å². The summed E-state index contributed by atoms with van der Waals surface area (Å²) in [5.74, 6) is 1.09. The van der Waals surface area contributed by atoms with Crippen LogP contribution >= 0.6 is 23.2 Å². The molecule has 0 saturated carbocycles. The molecule has 1 aromatic carbocycles. The molecule has 18 heavy (non-hydrogen) atoms. The molecule has 98 valence electrons. The van der Waals surface area contributed by atoms with Crippen molar-refractivity contribution in [3.63, 3.8) is 0 Å². The Bertz CT molecular complexity index is 436. The molecule has 0 spiro atoms. The molecule has 2 aliphatic heterocycles. The molecule has 0 amide bonds. The standard InChI is InChI=1S/C14H17Cl2NO/c15-12-2-1-9(7-13(12)16)10-3-5-17-14-4-6-18-8-11(10)14/h1-2,7,10-11,14,17H,3-6,8H2/t10-,11+,14+/m0/s1. The molecule has 4 heteroatoms. The Hall–Kier alpha value is -0.280. The van der Waals surface area contributed by atoms with E-state index in [-0.39, 0.29) is 0 Å². The van der Waals surface area contributed by atoms with Crippen LogP contribution in [0.5, 0.6) is 0 Å². The van der Waals surface area contributed by atoms with E-state index >= 15 is 0 Å². The number of rotatable bonds is 1. The fourth-order valence-electron chi connectivity index (χ4n) is 3.21. The normalized spacial score (nSPS) is 32.0. The minimum atomic E-state index is 0.534. The highest BCUT2D eigenvalue weighted by Gasteiger charge is 2.36. The van der Waals surface area contributed by atoms with Crippen molar-refractivity contribution >= 4 is 23.2 Å². The molecule has 2 nitrogen and oxygen atoms in total. The van der Waals surface area contributed by atoms with Crippen molar-refractivity contribution in [2.75, 3.05) is 19.8 Å². The van der Waals surface area contributed by atoms with Crippen molar-refractivity contribution in [2.45, 2.75) is 24.8 Å². The SMILES string of the molecule is Clc1ccc([C@@H]2CCN[C@@H]3CCOC[C@@H]32)cc1Cl. The number of fused-ring (bicyclic) bond motifs is 1. The highest BCUT2D eigenvalue weighted by atomic mass is 35.5. The van der Waals surface area contributed by atoms with Crippen LogP contribution in [-0.2, 0) is 4.74 Å². The lowest BCUT2D eigenvalue weighted by Crippen LogP contribution is -2.50. The number of hydrogen-bond donors (Lipinski definition) is 1. The van der Waals surface area contributed by atoms with E-state index in [0.717, 1.165) is 32.6 Å². The van der Waals surface area contributed by atoms with Gasteiger partial charge in [-0.05, 0) is 43.0 Å². The molecule has 2 saturated heterocycles. The third kappa shape index (κ3) is 2.39. The molecular formula is C14H17Cl2NO. The second kappa shape index (κ2) is 5.38. The van der Waals surface area contributed by atoms with Crippen LogP contribution in [0.3, 0.4) is 0 Å². The molecule has 1 N–H and O–H groups in total. The summed E-state index contributed by atoms with van der Waals surface area (Å²) in [6.07, 6.45) is 2.25. The van der Waals surface area contributed by atoms with Crippen LogP contribution in [0.4, 0.5) is 0 Å². The monoisotopic (exact) mass is 285 g/mol. The molecule has 3 atom stereocenters. The van der Waals surface area contributed by atoms with Gasteiger partial charge >= 0.3 is 0 Å². The van der Waals surface area contributed by atoms with Gasteiger partial charge in [0.15, 0.2) is 0 Å². The first-order chi connectivity index (χ1) is 8.75. The van der Waals surface area contributed by atoms with Crippen molar-refractivity contribution in [1.82, 2.24) is 5.32 Å². The molecule has 1 aromatic rings. The summed E-state index contributed by atoms with van der Waals surface area (Å²) < 4.78 is 5.65. The summed E-state index contributed by atoms with van der Waals surface area (Å²) >= 11 is 12.1. The van der Waals surface area contributed by atoms with E-state index in [2.05, 4.69) is 11.4 Å². The Morgan fingerprint density at radius 2 is 2.06 bits per heavy atom. The van der Waals surface area contributed by atoms with Crippen molar-refractivity contribution in [3.8, 4) is 0 Å². The topological polar surface area (TPSA) is 21.3 Å². The van der Waals surface area contributed by atoms with Gasteiger partial charge in [0.1, 0.15) is 0 Å². The maximum atomic E-state index is 6.13. The highest BCUT2D eigenvalue weighted by molar-refractivity contribution is 6.42. The predicted octanol–water partition coefficient (Wildman–Crippen LogP) is 3.48. The number of ether oxygens (including phenoxy) is 1. The minimum absolute atomic E-state index is 0.534. The van der Waals surface area contributed by atoms with E-state index in [4.69, 9.17) is 27.9 Å². The quantitative estimate of drug-likeness (QED) is 0.853. The predicted molar refractivity (Wildman–Crippen MR) is 74.5 cm³/mol. The lowest BCUT2D eigenvalue weighted by Gasteiger charge is -2.42. The maximum Gasteiger partial charge on any atom is 0.0595 e. The second-order valence-electron chi connectivity index (χ2n) is 5.16. The highest BCUT2D eigenvalue weighted by Crippen LogP contribution is 2.38. The van der Waals surface area contributed by atoms with Gasteiger partial charge in [-0.1, -0.05) is 29.3 Å². The van der Waals surface area contributed by atoms with Crippen molar-refractivity contribution < 1.29 is 4.74 Å². The van der Waals surface area contributed by atoms with E-state index in [0.29, 0.717) is 27.9 Å². The van der Waals surface area contributed by atoms with Crippen LogP contribution in [0.15, 0.2) is 18.2 Å². The smallest absolute Gasteiger partial charge is 0.0595 e. The molecule has 2 aliphatic rings. The number of benzene rings is 1. The van der Waals surface area contributed by atoms with Crippen LogP contribution < -0.4 is 5.32 Å². The zero-order valence-corrected chi connectivity index (χ0v) is 11.7. The summed E-state index contributed by atoms with van der Waals surface area (Å²) in [6.45, 7) is 2.80. The molecule has 0 bridgehead atoms. The van der Waals surface area contributed by atoms with E-state index in [1.807, 2.05) is 12.1 Å². The van der Waals surface area contributed by atoms with Gasteiger partial charge < -0.3 is 10.1 Å². The van der Waals surface area contributed by atoms with Crippen LogP contribution in [0.1, 0.15) is 24.3 Å². The first-order valence-corrected chi connectivity index (χ1v) is 7.27. The van der Waals surface area contributed by atoms with Crippen molar-refractivity contribution in [1.29, 1.82) is 0 Å².